The molecule has 0 amide bonds. The molecule has 3 fully saturated rings. The van der Waals surface area contributed by atoms with Gasteiger partial charge in [-0.25, -0.2) is 0 Å². The van der Waals surface area contributed by atoms with E-state index in [1.165, 1.54) is 63.5 Å². The van der Waals surface area contributed by atoms with E-state index in [-0.39, 0.29) is 0 Å². The lowest BCUT2D eigenvalue weighted by Crippen LogP contribution is -2.64. The van der Waals surface area contributed by atoms with Crippen LogP contribution in [0.1, 0.15) is 56.9 Å². The van der Waals surface area contributed by atoms with Crippen molar-refractivity contribution in [1.29, 1.82) is 0 Å². The first kappa shape index (κ1) is 16.4. The summed E-state index contributed by atoms with van der Waals surface area (Å²) < 4.78 is 6.57. The van der Waals surface area contributed by atoms with Gasteiger partial charge in [0.1, 0.15) is 11.9 Å². The highest BCUT2D eigenvalue weighted by Crippen LogP contribution is 2.34. The Balaban J connectivity index is 1.52. The molecule has 3 heteroatoms. The van der Waals surface area contributed by atoms with Gasteiger partial charge in [-0.3, -0.25) is 4.90 Å². The monoisotopic (exact) mass is 328 g/mol. The molecule has 132 valence electrons. The maximum absolute atomic E-state index is 6.57. The van der Waals surface area contributed by atoms with Crippen molar-refractivity contribution < 1.29 is 4.74 Å². The van der Waals surface area contributed by atoms with Crippen molar-refractivity contribution >= 4 is 0 Å². The zero-order valence-electron chi connectivity index (χ0n) is 15.0. The molecule has 1 aromatic rings. The summed E-state index contributed by atoms with van der Waals surface area (Å²) in [7, 11) is 0. The molecule has 0 bridgehead atoms. The first-order valence-corrected chi connectivity index (χ1v) is 10.0. The summed E-state index contributed by atoms with van der Waals surface area (Å²) in [5.41, 5.74) is 1.26. The molecule has 4 rings (SSSR count). The Morgan fingerprint density at radius 2 is 1.71 bits per heavy atom. The Kier molecular flexibility index (Phi) is 5.09. The fourth-order valence-electron chi connectivity index (χ4n) is 5.15. The van der Waals surface area contributed by atoms with E-state index >= 15 is 0 Å². The lowest BCUT2D eigenvalue weighted by atomic mass is 9.83. The lowest BCUT2D eigenvalue weighted by Gasteiger charge is -2.50. The largest absolute Gasteiger partial charge is 0.489 e. The van der Waals surface area contributed by atoms with Crippen molar-refractivity contribution in [3.05, 3.63) is 29.8 Å². The average molecular weight is 329 g/mol. The van der Waals surface area contributed by atoms with Crippen molar-refractivity contribution in [2.24, 2.45) is 0 Å². The van der Waals surface area contributed by atoms with Gasteiger partial charge in [-0.2, -0.15) is 0 Å². The summed E-state index contributed by atoms with van der Waals surface area (Å²) in [6.45, 7) is 4.50. The van der Waals surface area contributed by atoms with E-state index in [0.29, 0.717) is 18.2 Å². The van der Waals surface area contributed by atoms with Crippen LogP contribution in [0.4, 0.5) is 0 Å². The molecule has 2 aliphatic carbocycles. The minimum absolute atomic E-state index is 0.362. The molecule has 1 N–H and O–H groups in total. The standard InChI is InChI=1S/C21H32N2O/c1-16-8-2-6-12-20(16)24-21-13-7-5-11-19(21)23-15-14-22-17-9-3-4-10-18(17)23/h2,6,8,12,17-19,21-22H,3-5,7,9-11,13-15H2,1H3/t17-,18+,19-,21-/m1/s1. The van der Waals surface area contributed by atoms with Crippen LogP contribution >= 0.6 is 0 Å². The molecule has 3 nitrogen and oxygen atoms in total. The Morgan fingerprint density at radius 3 is 2.58 bits per heavy atom. The van der Waals surface area contributed by atoms with Crippen LogP contribution in [0.15, 0.2) is 24.3 Å². The highest BCUT2D eigenvalue weighted by atomic mass is 16.5. The third kappa shape index (κ3) is 3.34. The third-order valence-electron chi connectivity index (χ3n) is 6.40. The van der Waals surface area contributed by atoms with Gasteiger partial charge in [0.2, 0.25) is 0 Å². The van der Waals surface area contributed by atoms with Crippen LogP contribution in [0.5, 0.6) is 5.75 Å². The number of rotatable bonds is 3. The highest BCUT2D eigenvalue weighted by molar-refractivity contribution is 5.32. The Hall–Kier alpha value is -1.06. The highest BCUT2D eigenvalue weighted by Gasteiger charge is 2.40. The van der Waals surface area contributed by atoms with Crippen LogP contribution in [-0.2, 0) is 0 Å². The van der Waals surface area contributed by atoms with Crippen LogP contribution < -0.4 is 10.1 Å². The summed E-state index contributed by atoms with van der Waals surface area (Å²) in [5.74, 6) is 1.09. The van der Waals surface area contributed by atoms with Crippen molar-refractivity contribution in [3.8, 4) is 5.75 Å². The predicted octanol–water partition coefficient (Wildman–Crippen LogP) is 3.90. The summed E-state index contributed by atoms with van der Waals surface area (Å²) in [6.07, 6.45) is 11.1. The van der Waals surface area contributed by atoms with Crippen LogP contribution in [0.3, 0.4) is 0 Å². The molecular weight excluding hydrogens is 296 g/mol. The van der Waals surface area contributed by atoms with Crippen LogP contribution in [0.25, 0.3) is 0 Å². The number of piperazine rings is 1. The maximum Gasteiger partial charge on any atom is 0.122 e. The number of para-hydroxylation sites is 1. The summed E-state index contributed by atoms with van der Waals surface area (Å²) in [6, 6.07) is 10.6. The number of hydrogen-bond acceptors (Lipinski definition) is 3. The van der Waals surface area contributed by atoms with E-state index in [2.05, 4.69) is 41.4 Å². The number of ether oxygens (including phenoxy) is 1. The van der Waals surface area contributed by atoms with Crippen molar-refractivity contribution in [1.82, 2.24) is 10.2 Å². The van der Waals surface area contributed by atoms with Gasteiger partial charge in [-0.05, 0) is 50.7 Å². The Labute approximate surface area is 146 Å². The Morgan fingerprint density at radius 1 is 0.958 bits per heavy atom. The van der Waals surface area contributed by atoms with Crippen molar-refractivity contribution in [3.63, 3.8) is 0 Å². The number of benzene rings is 1. The van der Waals surface area contributed by atoms with Crippen molar-refractivity contribution in [2.45, 2.75) is 82.5 Å². The normalized spacial score (nSPS) is 34.5. The van der Waals surface area contributed by atoms with E-state index < -0.39 is 0 Å². The molecule has 3 aliphatic rings. The van der Waals surface area contributed by atoms with Gasteiger partial charge in [0.25, 0.3) is 0 Å². The Bertz CT molecular complexity index is 544. The predicted molar refractivity (Wildman–Crippen MR) is 98.6 cm³/mol. The van der Waals surface area contributed by atoms with Crippen LogP contribution in [0, 0.1) is 6.92 Å². The smallest absolute Gasteiger partial charge is 0.122 e. The van der Waals surface area contributed by atoms with E-state index in [9.17, 15) is 0 Å². The molecule has 4 atom stereocenters. The zero-order valence-corrected chi connectivity index (χ0v) is 15.0. The molecule has 2 saturated carbocycles. The minimum atomic E-state index is 0.362. The maximum atomic E-state index is 6.57. The third-order valence-corrected chi connectivity index (χ3v) is 6.40. The zero-order chi connectivity index (χ0) is 16.4. The number of nitrogens with one attached hydrogen (secondary N) is 1. The second-order valence-electron chi connectivity index (χ2n) is 7.92. The van der Waals surface area contributed by atoms with Gasteiger partial charge >= 0.3 is 0 Å². The summed E-state index contributed by atoms with van der Waals surface area (Å²) in [4.78, 5) is 2.84. The van der Waals surface area contributed by atoms with E-state index in [1.807, 2.05) is 0 Å². The van der Waals surface area contributed by atoms with E-state index in [1.54, 1.807) is 0 Å². The molecule has 1 aliphatic heterocycles. The number of aryl methyl sites for hydroxylation is 1. The molecule has 1 saturated heterocycles. The summed E-state index contributed by atoms with van der Waals surface area (Å²) in [5, 5.41) is 3.78. The molecule has 1 heterocycles. The lowest BCUT2D eigenvalue weighted by molar-refractivity contribution is -0.0218. The molecule has 0 unspecified atom stereocenters. The molecule has 1 aromatic carbocycles. The van der Waals surface area contributed by atoms with Gasteiger partial charge in [0, 0.05) is 31.2 Å². The SMILES string of the molecule is Cc1ccccc1O[C@@H]1CCCC[C@H]1N1CCN[C@@H]2CCCC[C@@H]21. The second kappa shape index (κ2) is 7.45. The van der Waals surface area contributed by atoms with E-state index in [4.69, 9.17) is 4.74 Å². The van der Waals surface area contributed by atoms with Gasteiger partial charge in [0.05, 0.1) is 0 Å². The number of fused-ring (bicyclic) bond motifs is 1. The number of nitrogens with zero attached hydrogens (tertiary/aromatic N) is 1. The molecule has 0 aromatic heterocycles. The quantitative estimate of drug-likeness (QED) is 0.911. The molecule has 0 spiro atoms. The fourth-order valence-corrected chi connectivity index (χ4v) is 5.15. The molecular formula is C21H32N2O. The van der Waals surface area contributed by atoms with Crippen molar-refractivity contribution in [2.75, 3.05) is 13.1 Å². The average Bonchev–Trinajstić information content (AvgIpc) is 2.64. The van der Waals surface area contributed by atoms with E-state index in [0.717, 1.165) is 18.3 Å². The molecule has 0 radical (unpaired) electrons. The van der Waals surface area contributed by atoms with Gasteiger partial charge in [0.15, 0.2) is 0 Å². The second-order valence-corrected chi connectivity index (χ2v) is 7.92. The first-order chi connectivity index (χ1) is 11.8. The number of hydrogen-bond donors (Lipinski definition) is 1. The van der Waals surface area contributed by atoms with Crippen LogP contribution in [0.2, 0.25) is 0 Å². The fraction of sp³-hybridized carbons (Fsp3) is 0.714. The van der Waals surface area contributed by atoms with Gasteiger partial charge < -0.3 is 10.1 Å². The van der Waals surface area contributed by atoms with Crippen LogP contribution in [-0.4, -0.2) is 42.2 Å². The van der Waals surface area contributed by atoms with Gasteiger partial charge in [-0.15, -0.1) is 0 Å². The van der Waals surface area contributed by atoms with Gasteiger partial charge in [-0.1, -0.05) is 37.5 Å². The topological polar surface area (TPSA) is 24.5 Å². The molecule has 24 heavy (non-hydrogen) atoms. The minimum Gasteiger partial charge on any atom is -0.489 e. The summed E-state index contributed by atoms with van der Waals surface area (Å²) >= 11 is 0. The first-order valence-electron chi connectivity index (χ1n) is 10.0.